The number of rotatable bonds is 7. The number of hydrogen-bond acceptors (Lipinski definition) is 4. The molecule has 2 N–H and O–H groups in total. The molecule has 27 heavy (non-hydrogen) atoms. The lowest BCUT2D eigenvalue weighted by molar-refractivity contribution is 0.251. The second kappa shape index (κ2) is 9.55. The molecule has 0 saturated heterocycles. The number of amides is 2. The van der Waals surface area contributed by atoms with Gasteiger partial charge < -0.3 is 20.1 Å². The molecular weight excluding hydrogens is 360 g/mol. The molecule has 2 amide bonds. The highest BCUT2D eigenvalue weighted by molar-refractivity contribution is 8.00. The third-order valence-electron chi connectivity index (χ3n) is 4.58. The minimum absolute atomic E-state index is 0.243. The summed E-state index contributed by atoms with van der Waals surface area (Å²) >= 11 is 1.94. The quantitative estimate of drug-likeness (QED) is 0.698. The van der Waals surface area contributed by atoms with E-state index in [1.54, 1.807) is 20.3 Å². The van der Waals surface area contributed by atoms with Gasteiger partial charge in [-0.05, 0) is 54.8 Å². The number of carbonyl (C=O) groups excluding carboxylic acids is 1. The van der Waals surface area contributed by atoms with E-state index in [-0.39, 0.29) is 6.03 Å². The molecule has 5 nitrogen and oxygen atoms in total. The van der Waals surface area contributed by atoms with E-state index in [4.69, 9.17) is 9.47 Å². The Balaban J connectivity index is 1.50. The van der Waals surface area contributed by atoms with Crippen LogP contribution in [0, 0.1) is 0 Å². The molecule has 6 heteroatoms. The van der Waals surface area contributed by atoms with Gasteiger partial charge in [-0.3, -0.25) is 0 Å². The summed E-state index contributed by atoms with van der Waals surface area (Å²) in [6.45, 7) is 0.384. The monoisotopic (exact) mass is 386 g/mol. The van der Waals surface area contributed by atoms with Crippen LogP contribution >= 0.6 is 11.8 Å². The Morgan fingerprint density at radius 2 is 1.67 bits per heavy atom. The highest BCUT2D eigenvalue weighted by atomic mass is 32.2. The lowest BCUT2D eigenvalue weighted by atomic mass is 10.2. The Kier molecular flexibility index (Phi) is 6.87. The van der Waals surface area contributed by atoms with Gasteiger partial charge in [0.15, 0.2) is 0 Å². The maximum Gasteiger partial charge on any atom is 0.319 e. The summed E-state index contributed by atoms with van der Waals surface area (Å²) in [6, 6.07) is 13.4. The molecule has 0 atom stereocenters. The second-order valence-electron chi connectivity index (χ2n) is 6.58. The van der Waals surface area contributed by atoms with Gasteiger partial charge in [0, 0.05) is 28.4 Å². The highest BCUT2D eigenvalue weighted by Gasteiger charge is 2.16. The van der Waals surface area contributed by atoms with E-state index >= 15 is 0 Å². The van der Waals surface area contributed by atoms with E-state index in [0.29, 0.717) is 18.0 Å². The number of urea groups is 1. The Bertz CT molecular complexity index is 736. The molecule has 1 aliphatic carbocycles. The molecule has 0 unspecified atom stereocenters. The smallest absolute Gasteiger partial charge is 0.319 e. The summed E-state index contributed by atoms with van der Waals surface area (Å²) in [4.78, 5) is 13.4. The van der Waals surface area contributed by atoms with Crippen LogP contribution in [0.25, 0.3) is 0 Å². The van der Waals surface area contributed by atoms with Crippen LogP contribution in [0.3, 0.4) is 0 Å². The Hall–Kier alpha value is -2.34. The lowest BCUT2D eigenvalue weighted by Gasteiger charge is -2.11. The molecule has 0 bridgehead atoms. The van der Waals surface area contributed by atoms with E-state index in [1.807, 2.05) is 36.0 Å². The first-order valence-corrected chi connectivity index (χ1v) is 10.1. The standard InChI is InChI=1S/C21H26N2O3S/c1-25-17-11-15(12-18(13-17)26-2)14-22-21(24)23-16-7-9-20(10-8-16)27-19-5-3-4-6-19/h7-13,19H,3-6,14H2,1-2H3,(H2,22,23,24). The minimum Gasteiger partial charge on any atom is -0.497 e. The molecule has 1 saturated carbocycles. The second-order valence-corrected chi connectivity index (χ2v) is 7.95. The number of ether oxygens (including phenoxy) is 2. The van der Waals surface area contributed by atoms with Crippen molar-refractivity contribution in [3.05, 3.63) is 48.0 Å². The highest BCUT2D eigenvalue weighted by Crippen LogP contribution is 2.34. The minimum atomic E-state index is -0.243. The summed E-state index contributed by atoms with van der Waals surface area (Å²) in [6.07, 6.45) is 5.30. The summed E-state index contributed by atoms with van der Waals surface area (Å²) < 4.78 is 10.5. The molecule has 0 aromatic heterocycles. The van der Waals surface area contributed by atoms with Crippen LogP contribution in [-0.2, 0) is 6.54 Å². The number of carbonyl (C=O) groups is 1. The summed E-state index contributed by atoms with van der Waals surface area (Å²) in [5, 5.41) is 6.47. The SMILES string of the molecule is COc1cc(CNC(=O)Nc2ccc(SC3CCCC3)cc2)cc(OC)c1. The number of hydrogen-bond donors (Lipinski definition) is 2. The molecule has 1 fully saturated rings. The first-order valence-electron chi connectivity index (χ1n) is 9.20. The number of thioether (sulfide) groups is 1. The Morgan fingerprint density at radius 3 is 2.26 bits per heavy atom. The molecule has 0 spiro atoms. The maximum atomic E-state index is 12.2. The third kappa shape index (κ3) is 5.82. The van der Waals surface area contributed by atoms with Gasteiger partial charge in [0.25, 0.3) is 0 Å². The van der Waals surface area contributed by atoms with Gasteiger partial charge in [0.2, 0.25) is 0 Å². The topological polar surface area (TPSA) is 59.6 Å². The molecule has 144 valence electrons. The summed E-state index contributed by atoms with van der Waals surface area (Å²) in [7, 11) is 3.21. The summed E-state index contributed by atoms with van der Waals surface area (Å²) in [5.41, 5.74) is 1.69. The molecule has 1 aliphatic rings. The van der Waals surface area contributed by atoms with Crippen LogP contribution in [0.1, 0.15) is 31.2 Å². The van der Waals surface area contributed by atoms with Crippen molar-refractivity contribution in [2.45, 2.75) is 42.4 Å². The van der Waals surface area contributed by atoms with Crippen LogP contribution in [0.2, 0.25) is 0 Å². The maximum absolute atomic E-state index is 12.2. The van der Waals surface area contributed by atoms with E-state index in [2.05, 4.69) is 22.8 Å². The predicted molar refractivity (Wildman–Crippen MR) is 110 cm³/mol. The molecule has 0 aliphatic heterocycles. The zero-order valence-electron chi connectivity index (χ0n) is 15.8. The molecule has 3 rings (SSSR count). The van der Waals surface area contributed by atoms with Crippen LogP contribution in [0.5, 0.6) is 11.5 Å². The van der Waals surface area contributed by atoms with Crippen molar-refractivity contribution < 1.29 is 14.3 Å². The molecule has 0 radical (unpaired) electrons. The van der Waals surface area contributed by atoms with Crippen molar-refractivity contribution in [1.29, 1.82) is 0 Å². The zero-order chi connectivity index (χ0) is 19.1. The predicted octanol–water partition coefficient (Wildman–Crippen LogP) is 5.06. The Morgan fingerprint density at radius 1 is 1.04 bits per heavy atom. The first kappa shape index (κ1) is 19.4. The lowest BCUT2D eigenvalue weighted by Crippen LogP contribution is -2.28. The largest absolute Gasteiger partial charge is 0.497 e. The fraction of sp³-hybridized carbons (Fsp3) is 0.381. The molecule has 2 aromatic rings. The normalized spacial score (nSPS) is 14.0. The van der Waals surface area contributed by atoms with Gasteiger partial charge in [-0.2, -0.15) is 0 Å². The van der Waals surface area contributed by atoms with Crippen LogP contribution in [0.15, 0.2) is 47.4 Å². The van der Waals surface area contributed by atoms with Crippen molar-refractivity contribution in [2.24, 2.45) is 0 Å². The van der Waals surface area contributed by atoms with Crippen molar-refractivity contribution in [3.8, 4) is 11.5 Å². The summed E-state index contributed by atoms with van der Waals surface area (Å²) in [5.74, 6) is 1.39. The number of methoxy groups -OCH3 is 2. The van der Waals surface area contributed by atoms with Gasteiger partial charge in [0.1, 0.15) is 11.5 Å². The number of benzene rings is 2. The third-order valence-corrected chi connectivity index (χ3v) is 5.93. The Labute approximate surface area is 164 Å². The van der Waals surface area contributed by atoms with Gasteiger partial charge in [-0.25, -0.2) is 4.79 Å². The van der Waals surface area contributed by atoms with E-state index in [9.17, 15) is 4.79 Å². The van der Waals surface area contributed by atoms with Crippen molar-refractivity contribution >= 4 is 23.5 Å². The van der Waals surface area contributed by atoms with Gasteiger partial charge in [0.05, 0.1) is 14.2 Å². The first-order chi connectivity index (χ1) is 13.2. The molecule has 2 aromatic carbocycles. The fourth-order valence-electron chi connectivity index (χ4n) is 3.14. The van der Waals surface area contributed by atoms with Crippen LogP contribution in [0.4, 0.5) is 10.5 Å². The van der Waals surface area contributed by atoms with Crippen molar-refractivity contribution in [3.63, 3.8) is 0 Å². The average Bonchev–Trinajstić information content (AvgIpc) is 3.20. The average molecular weight is 387 g/mol. The molecule has 0 heterocycles. The van der Waals surface area contributed by atoms with Crippen molar-refractivity contribution in [1.82, 2.24) is 5.32 Å². The van der Waals surface area contributed by atoms with Crippen LogP contribution in [-0.4, -0.2) is 25.5 Å². The van der Waals surface area contributed by atoms with E-state index < -0.39 is 0 Å². The number of anilines is 1. The molecular formula is C21H26N2O3S. The van der Waals surface area contributed by atoms with Crippen LogP contribution < -0.4 is 20.1 Å². The number of nitrogens with one attached hydrogen (secondary N) is 2. The zero-order valence-corrected chi connectivity index (χ0v) is 16.6. The van der Waals surface area contributed by atoms with Gasteiger partial charge >= 0.3 is 6.03 Å². The fourth-order valence-corrected chi connectivity index (χ4v) is 4.39. The van der Waals surface area contributed by atoms with E-state index in [1.165, 1.54) is 30.6 Å². The van der Waals surface area contributed by atoms with Gasteiger partial charge in [-0.1, -0.05) is 12.8 Å². The van der Waals surface area contributed by atoms with E-state index in [0.717, 1.165) is 16.5 Å². The van der Waals surface area contributed by atoms with Gasteiger partial charge in [-0.15, -0.1) is 11.8 Å². The van der Waals surface area contributed by atoms with Crippen molar-refractivity contribution in [2.75, 3.05) is 19.5 Å².